The molecule has 7 heteroatoms. The molecule has 0 fully saturated rings. The van der Waals surface area contributed by atoms with Gasteiger partial charge in [-0.15, -0.1) is 0 Å². The molecular formula is C48H47N7. The van der Waals surface area contributed by atoms with E-state index in [4.69, 9.17) is 20.0 Å². The van der Waals surface area contributed by atoms with Crippen LogP contribution in [0.4, 0.5) is 5.69 Å². The maximum Gasteiger partial charge on any atom is 0.146 e. The third kappa shape index (κ3) is 6.08. The van der Waals surface area contributed by atoms with Crippen LogP contribution >= 0.6 is 0 Å². The van der Waals surface area contributed by atoms with Gasteiger partial charge in [-0.1, -0.05) is 92.7 Å². The van der Waals surface area contributed by atoms with Crippen molar-refractivity contribution in [1.82, 2.24) is 0 Å². The molecule has 4 aromatic rings. The van der Waals surface area contributed by atoms with Crippen LogP contribution < -0.4 is 15.6 Å². The van der Waals surface area contributed by atoms with Crippen LogP contribution in [0.3, 0.4) is 0 Å². The molecule has 7 nitrogen and oxygen atoms in total. The van der Waals surface area contributed by atoms with Crippen molar-refractivity contribution < 1.29 is 0 Å². The number of benzene rings is 4. The van der Waals surface area contributed by atoms with Crippen LogP contribution in [0.2, 0.25) is 0 Å². The van der Waals surface area contributed by atoms with Crippen molar-refractivity contribution in [2.75, 3.05) is 4.90 Å². The summed E-state index contributed by atoms with van der Waals surface area (Å²) in [5.41, 5.74) is 12.0. The van der Waals surface area contributed by atoms with Gasteiger partial charge in [0.1, 0.15) is 22.4 Å². The van der Waals surface area contributed by atoms with Gasteiger partial charge in [-0.05, 0) is 111 Å². The van der Waals surface area contributed by atoms with E-state index in [1.807, 2.05) is 102 Å². The first-order valence-electron chi connectivity index (χ1n) is 19.1. The van der Waals surface area contributed by atoms with Crippen molar-refractivity contribution in [2.45, 2.75) is 78.6 Å². The van der Waals surface area contributed by atoms with Crippen LogP contribution in [0, 0.1) is 10.8 Å². The molecule has 3 aliphatic carbocycles. The molecule has 1 heterocycles. The van der Waals surface area contributed by atoms with Crippen molar-refractivity contribution in [3.8, 4) is 22.3 Å². The summed E-state index contributed by atoms with van der Waals surface area (Å²) in [6.45, 7) is 16.8. The Bertz CT molecular complexity index is 2630. The molecule has 0 aromatic heterocycles. The fraction of sp³-hybridized carbons (Fsp3) is 0.250. The van der Waals surface area contributed by atoms with Crippen molar-refractivity contribution in [3.05, 3.63) is 154 Å². The minimum Gasteiger partial charge on any atom is -0.304 e. The average Bonchev–Trinajstić information content (AvgIpc) is 3.60. The van der Waals surface area contributed by atoms with Gasteiger partial charge in [0, 0.05) is 28.6 Å². The van der Waals surface area contributed by atoms with Gasteiger partial charge in [0.2, 0.25) is 0 Å². The first-order chi connectivity index (χ1) is 26.3. The maximum atomic E-state index is 9.62. The van der Waals surface area contributed by atoms with Gasteiger partial charge in [-0.2, -0.15) is 0 Å². The molecule has 0 amide bonds. The number of allylic oxidation sites excluding steroid dienone is 8. The lowest BCUT2D eigenvalue weighted by Gasteiger charge is -2.34. The van der Waals surface area contributed by atoms with E-state index < -0.39 is 5.66 Å². The van der Waals surface area contributed by atoms with E-state index in [1.165, 1.54) is 22.3 Å². The first kappa shape index (κ1) is 35.9. The summed E-state index contributed by atoms with van der Waals surface area (Å²) >= 11 is 0. The third-order valence-corrected chi connectivity index (χ3v) is 10.6. The summed E-state index contributed by atoms with van der Waals surface area (Å²) in [4.78, 5) is 22.6. The highest BCUT2D eigenvalue weighted by molar-refractivity contribution is 6.63. The molecule has 1 aliphatic heterocycles. The number of hydrogen-bond donors (Lipinski definition) is 2. The second-order valence-corrected chi connectivity index (χ2v) is 16.1. The molecule has 0 saturated carbocycles. The van der Waals surface area contributed by atoms with Crippen LogP contribution in [0.1, 0.15) is 72.1 Å². The molecule has 0 spiro atoms. The number of rotatable bonds is 7. The van der Waals surface area contributed by atoms with E-state index in [-0.39, 0.29) is 23.2 Å². The summed E-state index contributed by atoms with van der Waals surface area (Å²) < 4.78 is 0. The Morgan fingerprint density at radius 2 is 1.29 bits per heavy atom. The van der Waals surface area contributed by atoms with Crippen LogP contribution in [-0.4, -0.2) is 40.6 Å². The van der Waals surface area contributed by atoms with E-state index in [9.17, 15) is 10.8 Å². The van der Waals surface area contributed by atoms with Gasteiger partial charge in [0.25, 0.3) is 0 Å². The summed E-state index contributed by atoms with van der Waals surface area (Å²) in [7, 11) is 0. The molecule has 274 valence electrons. The van der Waals surface area contributed by atoms with Crippen LogP contribution in [-0.2, 0) is 5.41 Å². The van der Waals surface area contributed by atoms with Crippen LogP contribution in [0.5, 0.6) is 0 Å². The summed E-state index contributed by atoms with van der Waals surface area (Å²) in [6, 6.07) is 29.5. The summed E-state index contributed by atoms with van der Waals surface area (Å²) in [6.07, 6.45) is 9.83. The minimum absolute atomic E-state index is 0.00476. The van der Waals surface area contributed by atoms with Crippen LogP contribution in [0.25, 0.3) is 27.8 Å². The topological polar surface area (TPSA) is 100 Å². The number of aliphatic imine (C=N–C) groups is 2. The quantitative estimate of drug-likeness (QED) is 0.183. The average molecular weight is 722 g/mol. The Labute approximate surface area is 323 Å². The molecule has 2 N–H and O–H groups in total. The molecule has 8 rings (SSSR count). The fourth-order valence-electron chi connectivity index (χ4n) is 8.24. The van der Waals surface area contributed by atoms with Crippen LogP contribution in [0.15, 0.2) is 147 Å². The van der Waals surface area contributed by atoms with Crippen molar-refractivity contribution in [3.63, 3.8) is 0 Å². The Morgan fingerprint density at radius 3 is 2.04 bits per heavy atom. The monoisotopic (exact) mass is 721 g/mol. The first-order valence-corrected chi connectivity index (χ1v) is 19.1. The molecule has 0 saturated heterocycles. The zero-order valence-corrected chi connectivity index (χ0v) is 32.9. The third-order valence-electron chi connectivity index (χ3n) is 10.6. The molecule has 0 unspecified atom stereocenters. The Hall–Kier alpha value is -6.08. The molecule has 0 radical (unpaired) electrons. The van der Waals surface area contributed by atoms with E-state index >= 15 is 0 Å². The summed E-state index contributed by atoms with van der Waals surface area (Å²) in [5, 5.41) is 20.8. The number of nitrogens with one attached hydrogen (secondary N) is 2. The molecule has 4 aliphatic rings. The largest absolute Gasteiger partial charge is 0.304 e. The second-order valence-electron chi connectivity index (χ2n) is 16.1. The van der Waals surface area contributed by atoms with Crippen molar-refractivity contribution >= 4 is 34.1 Å². The zero-order chi connectivity index (χ0) is 38.8. The van der Waals surface area contributed by atoms with E-state index in [0.29, 0.717) is 28.5 Å². The highest BCUT2D eigenvalue weighted by Crippen LogP contribution is 2.51. The second kappa shape index (κ2) is 13.3. The van der Waals surface area contributed by atoms with Gasteiger partial charge in [0.05, 0.1) is 33.9 Å². The lowest BCUT2D eigenvalue weighted by atomic mass is 9.82. The van der Waals surface area contributed by atoms with Crippen molar-refractivity contribution in [1.29, 1.82) is 10.8 Å². The van der Waals surface area contributed by atoms with Gasteiger partial charge < -0.3 is 4.90 Å². The predicted molar refractivity (Wildman–Crippen MR) is 229 cm³/mol. The normalized spacial score (nSPS) is 19.1. The molecule has 0 bridgehead atoms. The van der Waals surface area contributed by atoms with E-state index in [0.717, 1.165) is 38.7 Å². The summed E-state index contributed by atoms with van der Waals surface area (Å²) in [5.74, 6) is 0. The number of hydrogen-bond acceptors (Lipinski definition) is 7. The zero-order valence-electron chi connectivity index (χ0n) is 32.9. The Balaban J connectivity index is 1.41. The predicted octanol–water partition coefficient (Wildman–Crippen LogP) is 9.63. The van der Waals surface area contributed by atoms with E-state index in [1.54, 1.807) is 0 Å². The number of fused-ring (bicyclic) bond motifs is 4. The Kier molecular flexibility index (Phi) is 8.71. The lowest BCUT2D eigenvalue weighted by molar-refractivity contribution is 0.549. The minimum atomic E-state index is -0.727. The van der Waals surface area contributed by atoms with Crippen molar-refractivity contribution in [2.24, 2.45) is 20.0 Å². The Morgan fingerprint density at radius 1 is 0.618 bits per heavy atom. The molecule has 4 aromatic carbocycles. The number of anilines is 1. The van der Waals surface area contributed by atoms with Gasteiger partial charge >= 0.3 is 0 Å². The highest BCUT2D eigenvalue weighted by Gasteiger charge is 2.38. The van der Waals surface area contributed by atoms with Gasteiger partial charge in [-0.25, -0.2) is 0 Å². The fourth-order valence-corrected chi connectivity index (χ4v) is 8.24. The van der Waals surface area contributed by atoms with Gasteiger partial charge in [-0.3, -0.25) is 30.8 Å². The SMILES string of the molecule is CC(C)N=C1C=CC=C(N(C2=CC=C(c3ccccc3)C(=N)C2=NC(C)C)c2ccc(-c3cccc4c3-c3ccccc3C4(C)C)c3c2=NC(C)(C)N=3)C1=N. The maximum absolute atomic E-state index is 9.62. The molecular weight excluding hydrogens is 675 g/mol. The molecule has 0 atom stereocenters. The molecule has 55 heavy (non-hydrogen) atoms. The highest BCUT2D eigenvalue weighted by atomic mass is 15.2. The van der Waals surface area contributed by atoms with E-state index in [2.05, 4.69) is 73.3 Å². The number of nitrogens with zero attached hydrogens (tertiary/aromatic N) is 5. The smallest absolute Gasteiger partial charge is 0.146 e. The standard InChI is InChI=1S/C48H47N7/c1-28(2)51-37-22-15-23-38(43(37)50)55(39-26-24-31(30-16-10-9-11-17-30)42(49)45(39)52-29(3)4)40-27-25-33(44-46(40)54-48(7,8)53-44)32-19-14-21-36-41(32)34-18-12-13-20-35(34)47(36,5)6/h9-29,49-50H,1-8H3. The van der Waals surface area contributed by atoms with Gasteiger partial charge in [0.15, 0.2) is 0 Å². The lowest BCUT2D eigenvalue weighted by Crippen LogP contribution is -2.42.